The molecule has 14 N–H and O–H groups in total. The molecule has 0 aromatic carbocycles. The van der Waals surface area contributed by atoms with Crippen LogP contribution in [0.4, 0.5) is 0 Å². The number of aliphatic hydroxyl groups is 8. The van der Waals surface area contributed by atoms with Gasteiger partial charge in [0.15, 0.2) is 12.6 Å². The summed E-state index contributed by atoms with van der Waals surface area (Å²) in [5.74, 6) is 4.35. The number of nitrogens with two attached hydrogens (primary N) is 1. The molecule has 0 amide bonds. The van der Waals surface area contributed by atoms with E-state index in [2.05, 4.69) is 19.8 Å². The summed E-state index contributed by atoms with van der Waals surface area (Å²) < 4.78 is 28.2. The van der Waals surface area contributed by atoms with E-state index in [4.69, 9.17) is 60.4 Å². The Labute approximate surface area is 197 Å². The number of aldehydes is 2. The van der Waals surface area contributed by atoms with Gasteiger partial charge in [0.25, 0.3) is 0 Å². The molecule has 0 aliphatic carbocycles. The second-order valence-electron chi connectivity index (χ2n) is 6.16. The first-order valence-corrected chi connectivity index (χ1v) is 11.8. The average Bonchev–Trinajstić information content (AvgIpc) is 2.77. The summed E-state index contributed by atoms with van der Waals surface area (Å²) >= 11 is 0. The lowest BCUT2D eigenvalue weighted by molar-refractivity contribution is -0.136. The molecule has 0 fully saturated rings. The highest BCUT2D eigenvalue weighted by molar-refractivity contribution is 7.46. The number of carbonyl (C=O) groups is 2. The van der Waals surface area contributed by atoms with Gasteiger partial charge in [-0.1, -0.05) is 0 Å². The van der Waals surface area contributed by atoms with Gasteiger partial charge in [0, 0.05) is 0 Å². The first-order chi connectivity index (χ1) is 15.8. The highest BCUT2D eigenvalue weighted by Gasteiger charge is 2.32. The van der Waals surface area contributed by atoms with Crippen molar-refractivity contribution in [3.63, 3.8) is 0 Å². The van der Waals surface area contributed by atoms with Gasteiger partial charge in [-0.05, 0) is 0 Å². The monoisotopic (exact) mass is 567 g/mol. The van der Waals surface area contributed by atoms with Crippen LogP contribution in [0.3, 0.4) is 0 Å². The second kappa shape index (κ2) is 19.3. The van der Waals surface area contributed by atoms with Crippen molar-refractivity contribution in [2.24, 2.45) is 5.90 Å². The molecule has 0 saturated carbocycles. The maximum atomic E-state index is 10.2. The Morgan fingerprint density at radius 3 is 1.06 bits per heavy atom. The summed E-state index contributed by atoms with van der Waals surface area (Å²) in [6, 6.07) is 0. The van der Waals surface area contributed by atoms with Crippen LogP contribution >= 0.6 is 15.6 Å². The van der Waals surface area contributed by atoms with Gasteiger partial charge in [-0.2, -0.15) is 0 Å². The molecule has 0 radical (unpaired) electrons. The predicted molar refractivity (Wildman–Crippen MR) is 107 cm³/mol. The number of carbonyl (C=O) groups excluding carboxylic acids is 2. The first-order valence-electron chi connectivity index (χ1n) is 8.77. The summed E-state index contributed by atoms with van der Waals surface area (Å²) in [5.41, 5.74) is 0. The molecule has 22 heteroatoms. The van der Waals surface area contributed by atoms with E-state index in [0.717, 1.165) is 0 Å². The minimum Gasteiger partial charge on any atom is -0.388 e. The van der Waals surface area contributed by atoms with Gasteiger partial charge in [0.2, 0.25) is 0 Å². The van der Waals surface area contributed by atoms with E-state index in [1.54, 1.807) is 0 Å². The van der Waals surface area contributed by atoms with Gasteiger partial charge in [-0.25, -0.2) is 15.0 Å². The molecule has 0 aliphatic heterocycles. The van der Waals surface area contributed by atoms with Crippen LogP contribution in [0.2, 0.25) is 0 Å². The second-order valence-corrected chi connectivity index (χ2v) is 8.64. The van der Waals surface area contributed by atoms with Gasteiger partial charge in [0.1, 0.15) is 48.8 Å². The molecular weight excluding hydrogens is 536 g/mol. The van der Waals surface area contributed by atoms with Crippen molar-refractivity contribution in [2.75, 3.05) is 20.3 Å². The maximum absolute atomic E-state index is 10.2. The van der Waals surface area contributed by atoms with E-state index >= 15 is 0 Å². The number of aliphatic hydroxyl groups excluding tert-OH is 8. The minimum absolute atomic E-state index is 0.0650. The Morgan fingerprint density at radius 1 is 0.657 bits per heavy atom. The Kier molecular flexibility index (Phi) is 21.3. The Bertz CT molecular complexity index is 603. The topological polar surface area (TPSA) is 365 Å². The van der Waals surface area contributed by atoms with Crippen molar-refractivity contribution in [3.05, 3.63) is 0 Å². The lowest BCUT2D eigenvalue weighted by Crippen LogP contribution is -2.46. The summed E-state index contributed by atoms with van der Waals surface area (Å²) in [6.45, 7) is -1.93. The fourth-order valence-corrected chi connectivity index (χ4v) is 2.26. The third kappa shape index (κ3) is 21.0. The zero-order valence-corrected chi connectivity index (χ0v) is 19.7. The van der Waals surface area contributed by atoms with Gasteiger partial charge in [-0.3, -0.25) is 9.05 Å². The van der Waals surface area contributed by atoms with Crippen LogP contribution in [0, 0.1) is 0 Å². The molecule has 20 nitrogen and oxygen atoms in total. The molecule has 0 heterocycles. The van der Waals surface area contributed by atoms with Crippen LogP contribution in [0.1, 0.15) is 0 Å². The van der Waals surface area contributed by atoms with Crippen molar-refractivity contribution in [1.29, 1.82) is 0 Å². The van der Waals surface area contributed by atoms with Gasteiger partial charge < -0.3 is 74.9 Å². The zero-order valence-electron chi connectivity index (χ0n) is 17.9. The van der Waals surface area contributed by atoms with Gasteiger partial charge in [0.05, 0.1) is 20.3 Å². The molecule has 0 saturated heterocycles. The van der Waals surface area contributed by atoms with Crippen molar-refractivity contribution >= 4 is 28.2 Å². The number of hydrogen-bond donors (Lipinski definition) is 13. The van der Waals surface area contributed by atoms with E-state index in [1.807, 2.05) is 0 Å². The number of rotatable bonds is 14. The number of phosphoric acid groups is 2. The van der Waals surface area contributed by atoms with Crippen molar-refractivity contribution in [2.45, 2.75) is 48.8 Å². The Balaban J connectivity index is -0.000000525. The molecule has 35 heavy (non-hydrogen) atoms. The molecule has 0 bridgehead atoms. The highest BCUT2D eigenvalue weighted by Crippen LogP contribution is 2.36. The van der Waals surface area contributed by atoms with Crippen LogP contribution < -0.4 is 5.90 Å². The summed E-state index contributed by atoms with van der Waals surface area (Å²) in [4.78, 5) is 56.9. The zero-order chi connectivity index (χ0) is 28.6. The minimum atomic E-state index is -4.80. The molecule has 0 aromatic rings. The Hall–Kier alpha value is -0.840. The lowest BCUT2D eigenvalue weighted by atomic mass is 10.0. The molecule has 0 rings (SSSR count). The average molecular weight is 567 g/mol. The molecule has 212 valence electrons. The summed E-state index contributed by atoms with van der Waals surface area (Å²) in [5, 5.41) is 72.1. The quantitative estimate of drug-likeness (QED) is 0.0526. The van der Waals surface area contributed by atoms with Crippen LogP contribution in [0.15, 0.2) is 0 Å². The molecule has 0 spiro atoms. The van der Waals surface area contributed by atoms with E-state index in [-0.39, 0.29) is 12.6 Å². The van der Waals surface area contributed by atoms with Crippen molar-refractivity contribution in [1.82, 2.24) is 0 Å². The third-order valence-corrected chi connectivity index (χ3v) is 4.26. The molecule has 0 unspecified atom stereocenters. The molecule has 8 atom stereocenters. The molecule has 0 aliphatic rings. The fraction of sp³-hybridized carbons (Fsp3) is 0.846. The van der Waals surface area contributed by atoms with Crippen LogP contribution in [-0.4, -0.2) is 142 Å². The largest absolute Gasteiger partial charge is 0.469 e. The molecule has 0 aromatic heterocycles. The third-order valence-electron chi connectivity index (χ3n) is 3.29. The first kappa shape index (κ1) is 38.7. The fourth-order valence-electron chi connectivity index (χ4n) is 1.56. The molecular formula is C13H31NO19P2. The van der Waals surface area contributed by atoms with Crippen LogP contribution in [0.5, 0.6) is 0 Å². The van der Waals surface area contributed by atoms with Crippen LogP contribution in [0.25, 0.3) is 0 Å². The summed E-state index contributed by atoms with van der Waals surface area (Å²) in [7, 11) is -8.21. The number of hydrogen-bond acceptors (Lipinski definition) is 16. The Morgan fingerprint density at radius 2 is 0.886 bits per heavy atom. The normalized spacial score (nSPS) is 18.7. The smallest absolute Gasteiger partial charge is 0.388 e. The lowest BCUT2D eigenvalue weighted by Gasteiger charge is -2.23. The van der Waals surface area contributed by atoms with Crippen LogP contribution in [-0.2, 0) is 32.6 Å². The van der Waals surface area contributed by atoms with Crippen molar-refractivity contribution in [3.8, 4) is 0 Å². The van der Waals surface area contributed by atoms with Gasteiger partial charge >= 0.3 is 15.6 Å². The van der Waals surface area contributed by atoms with E-state index in [9.17, 15) is 18.7 Å². The standard InChI is InChI=1S/2C6H13O9P.CH5NO/c2*7-1-3(8)5(10)6(11)4(9)2-15-16(12,13)14;1-3-2/h2*1,3-6,8-11H,2H2,(H2,12,13,14);2H2,1H3/t2*3-,4+,5+,6-;/m00./s1. The van der Waals surface area contributed by atoms with E-state index in [0.29, 0.717) is 0 Å². The predicted octanol–water partition coefficient (Wildman–Crippen LogP) is -7.02. The SMILES string of the molecule is CON.O=C[C@H](O)[C@@H](O)[C@@H](O)[C@H](O)COP(=O)(O)O.O=C[C@H](O)[C@@H](O)[C@@H](O)[C@H](O)COP(=O)(O)O. The highest BCUT2D eigenvalue weighted by atomic mass is 31.2. The number of phosphoric ester groups is 2. The summed E-state index contributed by atoms with van der Waals surface area (Å²) in [6.07, 6.45) is -15.6. The van der Waals surface area contributed by atoms with Gasteiger partial charge in [-0.15, -0.1) is 0 Å². The van der Waals surface area contributed by atoms with Crippen molar-refractivity contribution < 1.29 is 93.0 Å². The maximum Gasteiger partial charge on any atom is 0.469 e. The van der Waals surface area contributed by atoms with E-state index < -0.39 is 77.7 Å². The van der Waals surface area contributed by atoms with E-state index in [1.165, 1.54) is 7.11 Å².